The molecule has 0 bridgehead atoms. The first-order valence-electron chi connectivity index (χ1n) is 4.26. The van der Waals surface area contributed by atoms with Gasteiger partial charge < -0.3 is 10.6 Å². The molecule has 74 valence electrons. The molecule has 5 heteroatoms. The van der Waals surface area contributed by atoms with Crippen LogP contribution >= 0.6 is 11.6 Å². The lowest BCUT2D eigenvalue weighted by atomic mass is 10.3. The number of nitrogens with one attached hydrogen (secondary N) is 2. The lowest BCUT2D eigenvalue weighted by Gasteiger charge is -2.07. The molecule has 0 atom stereocenters. The average Bonchev–Trinajstić information content (AvgIpc) is 2.62. The van der Waals surface area contributed by atoms with Crippen molar-refractivity contribution in [2.75, 3.05) is 18.4 Å². The molecule has 1 aliphatic heterocycles. The zero-order chi connectivity index (χ0) is 9.97. The highest BCUT2D eigenvalue weighted by molar-refractivity contribution is 6.33. The van der Waals surface area contributed by atoms with E-state index in [1.165, 1.54) is 12.1 Å². The SMILES string of the molecule is Fc1ccc(NC2=NCCN2)c(Cl)c1. The summed E-state index contributed by atoms with van der Waals surface area (Å²) in [7, 11) is 0. The molecule has 1 aliphatic rings. The van der Waals surface area contributed by atoms with E-state index in [9.17, 15) is 4.39 Å². The molecule has 1 aromatic rings. The maximum Gasteiger partial charge on any atom is 0.195 e. The molecule has 0 aliphatic carbocycles. The molecule has 0 radical (unpaired) electrons. The van der Waals surface area contributed by atoms with E-state index in [0.29, 0.717) is 16.7 Å². The molecule has 1 heterocycles. The Balaban J connectivity index is 2.16. The van der Waals surface area contributed by atoms with Crippen molar-refractivity contribution in [1.82, 2.24) is 5.32 Å². The average molecular weight is 214 g/mol. The van der Waals surface area contributed by atoms with E-state index in [1.807, 2.05) is 0 Å². The highest BCUT2D eigenvalue weighted by Crippen LogP contribution is 2.22. The van der Waals surface area contributed by atoms with Crippen molar-refractivity contribution in [3.05, 3.63) is 29.0 Å². The van der Waals surface area contributed by atoms with E-state index in [0.717, 1.165) is 13.1 Å². The number of rotatable bonds is 1. The summed E-state index contributed by atoms with van der Waals surface area (Å²) < 4.78 is 12.7. The van der Waals surface area contributed by atoms with Crippen molar-refractivity contribution in [2.45, 2.75) is 0 Å². The van der Waals surface area contributed by atoms with Crippen LogP contribution in [0.4, 0.5) is 10.1 Å². The maximum absolute atomic E-state index is 12.7. The van der Waals surface area contributed by atoms with Gasteiger partial charge in [-0.3, -0.25) is 4.99 Å². The van der Waals surface area contributed by atoms with Gasteiger partial charge in [0.1, 0.15) is 5.82 Å². The largest absolute Gasteiger partial charge is 0.354 e. The molecular weight excluding hydrogens is 205 g/mol. The van der Waals surface area contributed by atoms with Crippen LogP contribution in [-0.4, -0.2) is 19.0 Å². The minimum Gasteiger partial charge on any atom is -0.354 e. The number of guanidine groups is 1. The molecular formula is C9H9ClFN3. The zero-order valence-corrected chi connectivity index (χ0v) is 8.11. The third kappa shape index (κ3) is 1.96. The molecule has 2 rings (SSSR count). The number of aliphatic imine (C=N–C) groups is 1. The third-order valence-electron chi connectivity index (χ3n) is 1.86. The van der Waals surface area contributed by atoms with Crippen LogP contribution < -0.4 is 10.6 Å². The Kier molecular flexibility index (Phi) is 2.54. The van der Waals surface area contributed by atoms with Gasteiger partial charge in [0.25, 0.3) is 0 Å². The number of hydrogen-bond donors (Lipinski definition) is 2. The van der Waals surface area contributed by atoms with E-state index in [2.05, 4.69) is 15.6 Å². The lowest BCUT2D eigenvalue weighted by Crippen LogP contribution is -2.26. The molecule has 1 aromatic carbocycles. The second-order valence-electron chi connectivity index (χ2n) is 2.91. The number of anilines is 1. The third-order valence-corrected chi connectivity index (χ3v) is 2.17. The molecule has 0 saturated carbocycles. The van der Waals surface area contributed by atoms with E-state index >= 15 is 0 Å². The lowest BCUT2D eigenvalue weighted by molar-refractivity contribution is 0.628. The van der Waals surface area contributed by atoms with Crippen LogP contribution in [0.2, 0.25) is 5.02 Å². The van der Waals surface area contributed by atoms with E-state index in [-0.39, 0.29) is 5.82 Å². The molecule has 0 unspecified atom stereocenters. The monoisotopic (exact) mass is 213 g/mol. The van der Waals surface area contributed by atoms with E-state index < -0.39 is 0 Å². The molecule has 2 N–H and O–H groups in total. The fourth-order valence-corrected chi connectivity index (χ4v) is 1.41. The molecule has 14 heavy (non-hydrogen) atoms. The minimum atomic E-state index is -0.345. The van der Waals surface area contributed by atoms with Gasteiger partial charge in [-0.2, -0.15) is 0 Å². The first kappa shape index (κ1) is 9.27. The minimum absolute atomic E-state index is 0.345. The quantitative estimate of drug-likeness (QED) is 0.747. The summed E-state index contributed by atoms with van der Waals surface area (Å²) in [4.78, 5) is 4.14. The predicted molar refractivity (Wildman–Crippen MR) is 55.3 cm³/mol. The fourth-order valence-electron chi connectivity index (χ4n) is 1.20. The second kappa shape index (κ2) is 3.84. The first-order valence-corrected chi connectivity index (χ1v) is 4.64. The molecule has 0 saturated heterocycles. The van der Waals surface area contributed by atoms with Crippen LogP contribution in [0.15, 0.2) is 23.2 Å². The number of halogens is 2. The summed E-state index contributed by atoms with van der Waals surface area (Å²) in [6, 6.07) is 4.20. The molecule has 0 aromatic heterocycles. The molecule has 0 fully saturated rings. The van der Waals surface area contributed by atoms with Gasteiger partial charge in [-0.15, -0.1) is 0 Å². The van der Waals surface area contributed by atoms with Crippen LogP contribution in [0.3, 0.4) is 0 Å². The van der Waals surface area contributed by atoms with Crippen LogP contribution in [0.5, 0.6) is 0 Å². The Bertz CT molecular complexity index is 378. The zero-order valence-electron chi connectivity index (χ0n) is 7.35. The van der Waals surface area contributed by atoms with Crippen molar-refractivity contribution in [1.29, 1.82) is 0 Å². The van der Waals surface area contributed by atoms with Crippen molar-refractivity contribution in [3.63, 3.8) is 0 Å². The van der Waals surface area contributed by atoms with E-state index in [4.69, 9.17) is 11.6 Å². The summed E-state index contributed by atoms with van der Waals surface area (Å²) >= 11 is 5.82. The maximum atomic E-state index is 12.7. The standard InChI is InChI=1S/C9H9ClFN3/c10-7-5-6(11)1-2-8(7)14-9-12-3-4-13-9/h1-2,5H,3-4H2,(H2,12,13,14). The summed E-state index contributed by atoms with van der Waals surface area (Å²) in [5.74, 6) is 0.334. The second-order valence-corrected chi connectivity index (χ2v) is 3.31. The predicted octanol–water partition coefficient (Wildman–Crippen LogP) is 1.85. The summed E-state index contributed by atoms with van der Waals surface area (Å²) in [5.41, 5.74) is 0.654. The van der Waals surface area contributed by atoms with Gasteiger partial charge >= 0.3 is 0 Å². The van der Waals surface area contributed by atoms with Gasteiger partial charge in [-0.1, -0.05) is 11.6 Å². The Labute approximate surface area is 86.0 Å². The van der Waals surface area contributed by atoms with Crippen LogP contribution in [0.25, 0.3) is 0 Å². The fraction of sp³-hybridized carbons (Fsp3) is 0.222. The number of benzene rings is 1. The molecule has 3 nitrogen and oxygen atoms in total. The van der Waals surface area contributed by atoms with Crippen molar-refractivity contribution < 1.29 is 4.39 Å². The van der Waals surface area contributed by atoms with Crippen LogP contribution in [-0.2, 0) is 0 Å². The van der Waals surface area contributed by atoms with Gasteiger partial charge in [-0.25, -0.2) is 4.39 Å². The molecule has 0 spiro atoms. The van der Waals surface area contributed by atoms with Crippen LogP contribution in [0.1, 0.15) is 0 Å². The summed E-state index contributed by atoms with van der Waals surface area (Å²) in [5, 5.41) is 6.36. The van der Waals surface area contributed by atoms with E-state index in [1.54, 1.807) is 6.07 Å². The Morgan fingerprint density at radius 3 is 3.00 bits per heavy atom. The smallest absolute Gasteiger partial charge is 0.195 e. The Hall–Kier alpha value is -1.29. The first-order chi connectivity index (χ1) is 6.75. The highest BCUT2D eigenvalue weighted by atomic mass is 35.5. The van der Waals surface area contributed by atoms with Gasteiger partial charge in [0.05, 0.1) is 17.3 Å². The normalized spacial score (nSPS) is 14.9. The highest BCUT2D eigenvalue weighted by Gasteiger charge is 2.07. The topological polar surface area (TPSA) is 36.4 Å². The van der Waals surface area contributed by atoms with Crippen molar-refractivity contribution >= 4 is 23.2 Å². The Morgan fingerprint density at radius 1 is 1.50 bits per heavy atom. The number of hydrogen-bond acceptors (Lipinski definition) is 3. The van der Waals surface area contributed by atoms with Gasteiger partial charge in [0.15, 0.2) is 5.96 Å². The Morgan fingerprint density at radius 2 is 2.36 bits per heavy atom. The van der Waals surface area contributed by atoms with Gasteiger partial charge in [0, 0.05) is 6.54 Å². The van der Waals surface area contributed by atoms with Crippen LogP contribution in [0, 0.1) is 5.82 Å². The summed E-state index contributed by atoms with van der Waals surface area (Å²) in [6.07, 6.45) is 0. The number of nitrogens with zero attached hydrogens (tertiary/aromatic N) is 1. The summed E-state index contributed by atoms with van der Waals surface area (Å²) in [6.45, 7) is 1.57. The van der Waals surface area contributed by atoms with Gasteiger partial charge in [0.2, 0.25) is 0 Å². The molecule has 0 amide bonds. The van der Waals surface area contributed by atoms with Crippen molar-refractivity contribution in [2.24, 2.45) is 4.99 Å². The van der Waals surface area contributed by atoms with Crippen molar-refractivity contribution in [3.8, 4) is 0 Å². The van der Waals surface area contributed by atoms with Gasteiger partial charge in [-0.05, 0) is 18.2 Å².